The first-order chi connectivity index (χ1) is 11.2. The molecule has 9 heteroatoms. The summed E-state index contributed by atoms with van der Waals surface area (Å²) in [6.45, 7) is 1.31. The van der Waals surface area contributed by atoms with Crippen LogP contribution in [0.2, 0.25) is 0 Å². The summed E-state index contributed by atoms with van der Waals surface area (Å²) in [5.41, 5.74) is 2.33. The molecule has 2 aromatic rings. The van der Waals surface area contributed by atoms with Crippen LogP contribution in [0.5, 0.6) is 0 Å². The molecule has 0 unspecified atom stereocenters. The Hall–Kier alpha value is -2.42. The maximum absolute atomic E-state index is 12.5. The number of benzene rings is 1. The Morgan fingerprint density at radius 3 is 2.42 bits per heavy atom. The van der Waals surface area contributed by atoms with Crippen molar-refractivity contribution in [3.8, 4) is 5.69 Å². The van der Waals surface area contributed by atoms with E-state index in [2.05, 4.69) is 10.2 Å². The summed E-state index contributed by atoms with van der Waals surface area (Å²) in [5, 5.41) is 16.8. The predicted molar refractivity (Wildman–Crippen MR) is 79.9 cm³/mol. The van der Waals surface area contributed by atoms with Crippen LogP contribution in [0, 0.1) is 13.8 Å². The van der Waals surface area contributed by atoms with Crippen molar-refractivity contribution in [3.05, 3.63) is 41.2 Å². The van der Waals surface area contributed by atoms with Crippen molar-refractivity contribution in [2.45, 2.75) is 20.0 Å². The normalized spacial score (nSPS) is 11.6. The topological polar surface area (TPSA) is 71.2 Å². The molecule has 0 aliphatic carbocycles. The van der Waals surface area contributed by atoms with Gasteiger partial charge >= 0.3 is 6.18 Å². The zero-order valence-corrected chi connectivity index (χ0v) is 13.2. The van der Waals surface area contributed by atoms with Crippen LogP contribution in [-0.2, 0) is 0 Å². The first-order valence-corrected chi connectivity index (χ1v) is 7.17. The lowest BCUT2D eigenvalue weighted by Gasteiger charge is -2.21. The Kier molecular flexibility index (Phi) is 5.23. The largest absolute Gasteiger partial charge is 0.406 e. The molecule has 0 saturated heterocycles. The highest BCUT2D eigenvalue weighted by Gasteiger charge is 2.34. The van der Waals surface area contributed by atoms with Gasteiger partial charge in [0.05, 0.1) is 18.5 Å². The number of nitrogens with zero attached hydrogens (tertiary/aromatic N) is 4. The first kappa shape index (κ1) is 17.9. The van der Waals surface area contributed by atoms with Crippen molar-refractivity contribution in [2.75, 3.05) is 19.7 Å². The fourth-order valence-corrected chi connectivity index (χ4v) is 2.30. The Morgan fingerprint density at radius 2 is 1.88 bits per heavy atom. The highest BCUT2D eigenvalue weighted by molar-refractivity contribution is 5.92. The number of aryl methyl sites for hydroxylation is 2. The third-order valence-electron chi connectivity index (χ3n) is 3.18. The minimum Gasteiger partial charge on any atom is -0.395 e. The SMILES string of the molecule is Cc1cc(C)cc(-n2ncc(C(=O)N(CCO)CC(F)(F)F)n2)c1. The third kappa shape index (κ3) is 4.54. The number of amides is 1. The number of carbonyl (C=O) groups is 1. The van der Waals surface area contributed by atoms with Crippen molar-refractivity contribution in [1.29, 1.82) is 0 Å². The van der Waals surface area contributed by atoms with Gasteiger partial charge in [0, 0.05) is 6.54 Å². The lowest BCUT2D eigenvalue weighted by atomic mass is 10.1. The van der Waals surface area contributed by atoms with E-state index in [0.29, 0.717) is 10.6 Å². The van der Waals surface area contributed by atoms with Gasteiger partial charge in [0.15, 0.2) is 5.69 Å². The van der Waals surface area contributed by atoms with E-state index in [4.69, 9.17) is 5.11 Å². The molecule has 24 heavy (non-hydrogen) atoms. The molecule has 1 heterocycles. The molecule has 1 N–H and O–H groups in total. The van der Waals surface area contributed by atoms with Gasteiger partial charge in [0.1, 0.15) is 6.54 Å². The van der Waals surface area contributed by atoms with Crippen LogP contribution in [0.3, 0.4) is 0 Å². The Balaban J connectivity index is 2.26. The fraction of sp³-hybridized carbons (Fsp3) is 0.400. The molecular weight excluding hydrogens is 325 g/mol. The zero-order chi connectivity index (χ0) is 17.9. The van der Waals surface area contributed by atoms with Gasteiger partial charge in [-0.3, -0.25) is 4.79 Å². The minimum absolute atomic E-state index is 0.216. The first-order valence-electron chi connectivity index (χ1n) is 7.17. The van der Waals surface area contributed by atoms with Gasteiger partial charge in [-0.2, -0.15) is 23.1 Å². The number of rotatable bonds is 5. The van der Waals surface area contributed by atoms with Crippen molar-refractivity contribution < 1.29 is 23.1 Å². The number of alkyl halides is 3. The lowest BCUT2D eigenvalue weighted by Crippen LogP contribution is -2.40. The van der Waals surface area contributed by atoms with Gasteiger partial charge in [-0.05, 0) is 37.1 Å². The monoisotopic (exact) mass is 342 g/mol. The number of hydrogen-bond acceptors (Lipinski definition) is 4. The molecule has 2 rings (SSSR count). The molecule has 0 aliphatic heterocycles. The van der Waals surface area contributed by atoms with E-state index >= 15 is 0 Å². The summed E-state index contributed by atoms with van der Waals surface area (Å²) < 4.78 is 37.6. The number of halogens is 3. The maximum Gasteiger partial charge on any atom is 0.406 e. The number of carbonyl (C=O) groups excluding carboxylic acids is 1. The van der Waals surface area contributed by atoms with Crippen LogP contribution in [0.4, 0.5) is 13.2 Å². The third-order valence-corrected chi connectivity index (χ3v) is 3.18. The van der Waals surface area contributed by atoms with Crippen molar-refractivity contribution in [2.24, 2.45) is 0 Å². The van der Waals surface area contributed by atoms with Crippen LogP contribution in [0.15, 0.2) is 24.4 Å². The molecule has 1 aromatic carbocycles. The molecule has 130 valence electrons. The zero-order valence-electron chi connectivity index (χ0n) is 13.2. The standard InChI is InChI=1S/C15H17F3N4O2/c1-10-5-11(2)7-12(6-10)22-19-8-13(20-22)14(24)21(3-4-23)9-15(16,17)18/h5-8,23H,3-4,9H2,1-2H3. The van der Waals surface area contributed by atoms with E-state index in [-0.39, 0.29) is 5.69 Å². The molecule has 0 spiro atoms. The van der Waals surface area contributed by atoms with Gasteiger partial charge in [-0.25, -0.2) is 0 Å². The van der Waals surface area contributed by atoms with Crippen LogP contribution in [0.1, 0.15) is 21.6 Å². The van der Waals surface area contributed by atoms with E-state index in [1.807, 2.05) is 19.9 Å². The average Bonchev–Trinajstić information content (AvgIpc) is 2.93. The van der Waals surface area contributed by atoms with Gasteiger partial charge in [-0.1, -0.05) is 6.07 Å². The summed E-state index contributed by atoms with van der Waals surface area (Å²) >= 11 is 0. The van der Waals surface area contributed by atoms with Gasteiger partial charge in [0.25, 0.3) is 5.91 Å². The highest BCUT2D eigenvalue weighted by atomic mass is 19.4. The summed E-state index contributed by atoms with van der Waals surface area (Å²) in [5.74, 6) is -0.933. The van der Waals surface area contributed by atoms with E-state index < -0.39 is 31.8 Å². The number of aliphatic hydroxyl groups excluding tert-OH is 1. The predicted octanol–water partition coefficient (Wildman–Crippen LogP) is 1.88. The Bertz CT molecular complexity index is 707. The fourth-order valence-electron chi connectivity index (χ4n) is 2.30. The summed E-state index contributed by atoms with van der Waals surface area (Å²) in [6.07, 6.45) is -3.45. The van der Waals surface area contributed by atoms with Crippen LogP contribution in [-0.4, -0.2) is 56.8 Å². The van der Waals surface area contributed by atoms with Gasteiger partial charge in [0.2, 0.25) is 0 Å². The second kappa shape index (κ2) is 7.00. The van der Waals surface area contributed by atoms with Gasteiger partial charge < -0.3 is 10.0 Å². The molecule has 1 aromatic heterocycles. The van der Waals surface area contributed by atoms with Crippen LogP contribution < -0.4 is 0 Å². The van der Waals surface area contributed by atoms with Crippen molar-refractivity contribution >= 4 is 5.91 Å². The smallest absolute Gasteiger partial charge is 0.395 e. The quantitative estimate of drug-likeness (QED) is 0.901. The summed E-state index contributed by atoms with van der Waals surface area (Å²) in [7, 11) is 0. The van der Waals surface area contributed by atoms with Gasteiger partial charge in [-0.15, -0.1) is 5.10 Å². The molecule has 6 nitrogen and oxygen atoms in total. The lowest BCUT2D eigenvalue weighted by molar-refractivity contribution is -0.141. The van der Waals surface area contributed by atoms with E-state index in [1.54, 1.807) is 12.1 Å². The van der Waals surface area contributed by atoms with E-state index in [1.165, 1.54) is 4.80 Å². The van der Waals surface area contributed by atoms with Crippen LogP contribution >= 0.6 is 0 Å². The molecular formula is C15H17F3N4O2. The molecule has 0 radical (unpaired) electrons. The molecule has 1 amide bonds. The second-order valence-corrected chi connectivity index (χ2v) is 5.43. The number of aromatic nitrogens is 3. The average molecular weight is 342 g/mol. The molecule has 0 saturated carbocycles. The molecule has 0 atom stereocenters. The van der Waals surface area contributed by atoms with Crippen LogP contribution in [0.25, 0.3) is 5.69 Å². The van der Waals surface area contributed by atoms with E-state index in [9.17, 15) is 18.0 Å². The molecule has 0 fully saturated rings. The second-order valence-electron chi connectivity index (χ2n) is 5.43. The summed E-state index contributed by atoms with van der Waals surface area (Å²) in [6, 6.07) is 5.54. The van der Waals surface area contributed by atoms with E-state index in [0.717, 1.165) is 17.3 Å². The number of hydrogen-bond donors (Lipinski definition) is 1. The highest BCUT2D eigenvalue weighted by Crippen LogP contribution is 2.18. The maximum atomic E-state index is 12.5. The minimum atomic E-state index is -4.56. The Labute approximate surface area is 136 Å². The Morgan fingerprint density at radius 1 is 1.25 bits per heavy atom. The molecule has 0 aliphatic rings. The van der Waals surface area contributed by atoms with Crippen molar-refractivity contribution in [1.82, 2.24) is 19.9 Å². The number of aliphatic hydroxyl groups is 1. The summed E-state index contributed by atoms with van der Waals surface area (Å²) in [4.78, 5) is 13.9. The van der Waals surface area contributed by atoms with Crippen molar-refractivity contribution in [3.63, 3.8) is 0 Å². The molecule has 0 bridgehead atoms.